The zero-order chi connectivity index (χ0) is 17.2. The van der Waals surface area contributed by atoms with Crippen molar-refractivity contribution in [1.82, 2.24) is 15.3 Å². The number of amides is 1. The summed E-state index contributed by atoms with van der Waals surface area (Å²) in [5.74, 6) is 1.10. The van der Waals surface area contributed by atoms with E-state index in [1.165, 1.54) is 23.2 Å². The maximum atomic E-state index is 12.0. The van der Waals surface area contributed by atoms with E-state index >= 15 is 0 Å². The van der Waals surface area contributed by atoms with Crippen molar-refractivity contribution in [3.63, 3.8) is 0 Å². The van der Waals surface area contributed by atoms with E-state index < -0.39 is 0 Å². The van der Waals surface area contributed by atoms with Gasteiger partial charge in [-0.3, -0.25) is 4.79 Å². The molecule has 4 rings (SSSR count). The Labute approximate surface area is 150 Å². The highest BCUT2D eigenvalue weighted by molar-refractivity contribution is 7.18. The number of carbonyl (C=O) groups is 1. The van der Waals surface area contributed by atoms with Crippen LogP contribution in [0.3, 0.4) is 0 Å². The van der Waals surface area contributed by atoms with Crippen LogP contribution in [0.15, 0.2) is 6.33 Å². The Bertz CT molecular complexity index is 770. The minimum atomic E-state index is -0.139. The van der Waals surface area contributed by atoms with Gasteiger partial charge >= 0.3 is 0 Å². The molecule has 0 saturated carbocycles. The van der Waals surface area contributed by atoms with Crippen molar-refractivity contribution < 1.29 is 14.3 Å². The largest absolute Gasteiger partial charge is 0.467 e. The van der Waals surface area contributed by atoms with Gasteiger partial charge in [-0.2, -0.15) is 0 Å². The zero-order valence-electron chi connectivity index (χ0n) is 14.4. The highest BCUT2D eigenvalue weighted by Gasteiger charge is 2.24. The van der Waals surface area contributed by atoms with Crippen LogP contribution in [0.2, 0.25) is 0 Å². The van der Waals surface area contributed by atoms with Crippen molar-refractivity contribution in [1.29, 1.82) is 0 Å². The maximum Gasteiger partial charge on any atom is 0.258 e. The lowest BCUT2D eigenvalue weighted by molar-refractivity contribution is -0.123. The third kappa shape index (κ3) is 3.62. The van der Waals surface area contributed by atoms with Gasteiger partial charge in [0.15, 0.2) is 6.61 Å². The van der Waals surface area contributed by atoms with Gasteiger partial charge in [0.1, 0.15) is 11.2 Å². The summed E-state index contributed by atoms with van der Waals surface area (Å²) in [5, 5.41) is 3.88. The molecule has 2 aliphatic rings. The number of hydrogen-bond acceptors (Lipinski definition) is 6. The van der Waals surface area contributed by atoms with Crippen molar-refractivity contribution in [3.05, 3.63) is 16.8 Å². The monoisotopic (exact) mass is 361 g/mol. The third-order valence-electron chi connectivity index (χ3n) is 4.95. The molecule has 1 amide bonds. The molecule has 1 aliphatic heterocycles. The Kier molecular flexibility index (Phi) is 4.85. The molecule has 1 fully saturated rings. The van der Waals surface area contributed by atoms with Crippen LogP contribution in [0.5, 0.6) is 5.88 Å². The van der Waals surface area contributed by atoms with Gasteiger partial charge in [-0.25, -0.2) is 9.97 Å². The number of nitrogens with zero attached hydrogens (tertiary/aromatic N) is 2. The number of aromatic nitrogens is 2. The third-order valence-corrected chi connectivity index (χ3v) is 6.11. The Morgan fingerprint density at radius 1 is 1.44 bits per heavy atom. The van der Waals surface area contributed by atoms with Crippen LogP contribution in [-0.4, -0.2) is 41.7 Å². The van der Waals surface area contributed by atoms with E-state index in [2.05, 4.69) is 22.2 Å². The van der Waals surface area contributed by atoms with Crippen molar-refractivity contribution in [2.24, 2.45) is 5.92 Å². The summed E-state index contributed by atoms with van der Waals surface area (Å²) < 4.78 is 11.3. The summed E-state index contributed by atoms with van der Waals surface area (Å²) in [6.45, 7) is 3.60. The van der Waals surface area contributed by atoms with Gasteiger partial charge in [0.2, 0.25) is 5.88 Å². The lowest BCUT2D eigenvalue weighted by atomic mass is 9.89. The molecule has 2 unspecified atom stereocenters. The van der Waals surface area contributed by atoms with E-state index in [1.54, 1.807) is 11.3 Å². The molecule has 3 heterocycles. The van der Waals surface area contributed by atoms with Gasteiger partial charge in [-0.05, 0) is 43.6 Å². The molecule has 25 heavy (non-hydrogen) atoms. The smallest absolute Gasteiger partial charge is 0.258 e. The van der Waals surface area contributed by atoms with Crippen molar-refractivity contribution in [2.75, 3.05) is 19.8 Å². The molecule has 1 N–H and O–H groups in total. The van der Waals surface area contributed by atoms with E-state index in [0.29, 0.717) is 18.3 Å². The fourth-order valence-corrected chi connectivity index (χ4v) is 4.91. The first-order valence-corrected chi connectivity index (χ1v) is 9.78. The second-order valence-electron chi connectivity index (χ2n) is 6.94. The molecule has 7 heteroatoms. The SMILES string of the molecule is CC1CCc2c(sc3ncnc(OCC(=O)NCC4CCCO4)c23)C1. The maximum absolute atomic E-state index is 12.0. The summed E-state index contributed by atoms with van der Waals surface area (Å²) in [7, 11) is 0. The standard InChI is InChI=1S/C18H23N3O3S/c1-11-4-5-13-14(7-11)25-18-16(13)17(20-10-21-18)24-9-15(22)19-8-12-3-2-6-23-12/h10-12H,2-9H2,1H3,(H,19,22). The van der Waals surface area contributed by atoms with Gasteiger partial charge in [-0.15, -0.1) is 11.3 Å². The molecule has 6 nitrogen and oxygen atoms in total. The van der Waals surface area contributed by atoms with Crippen LogP contribution in [0.1, 0.15) is 36.6 Å². The minimum absolute atomic E-state index is 0.0279. The number of fused-ring (bicyclic) bond motifs is 3. The number of nitrogens with one attached hydrogen (secondary N) is 1. The molecular formula is C18H23N3O3S. The predicted molar refractivity (Wildman–Crippen MR) is 96.1 cm³/mol. The van der Waals surface area contributed by atoms with E-state index in [0.717, 1.165) is 42.5 Å². The number of thiophene rings is 1. The minimum Gasteiger partial charge on any atom is -0.467 e. The lowest BCUT2D eigenvalue weighted by Gasteiger charge is -2.18. The Morgan fingerprint density at radius 3 is 3.20 bits per heavy atom. The van der Waals surface area contributed by atoms with Crippen molar-refractivity contribution >= 4 is 27.5 Å². The predicted octanol–water partition coefficient (Wildman–Crippen LogP) is 2.49. The average Bonchev–Trinajstić information content (AvgIpc) is 3.24. The van der Waals surface area contributed by atoms with Gasteiger partial charge in [0.25, 0.3) is 5.91 Å². The van der Waals surface area contributed by atoms with E-state index in [9.17, 15) is 4.79 Å². The molecule has 0 radical (unpaired) electrons. The number of hydrogen-bond donors (Lipinski definition) is 1. The van der Waals surface area contributed by atoms with Gasteiger partial charge < -0.3 is 14.8 Å². The fourth-order valence-electron chi connectivity index (χ4n) is 3.57. The number of rotatable bonds is 5. The molecule has 1 aliphatic carbocycles. The molecule has 2 atom stereocenters. The molecule has 0 aromatic carbocycles. The molecule has 0 spiro atoms. The van der Waals surface area contributed by atoms with Gasteiger partial charge in [0, 0.05) is 18.0 Å². The first kappa shape index (κ1) is 16.7. The highest BCUT2D eigenvalue weighted by Crippen LogP contribution is 2.40. The van der Waals surface area contributed by atoms with Crippen LogP contribution in [0, 0.1) is 5.92 Å². The number of aryl methyl sites for hydroxylation is 1. The zero-order valence-corrected chi connectivity index (χ0v) is 15.2. The summed E-state index contributed by atoms with van der Waals surface area (Å²) in [4.78, 5) is 23.1. The highest BCUT2D eigenvalue weighted by atomic mass is 32.1. The molecular weight excluding hydrogens is 338 g/mol. The van der Waals surface area contributed by atoms with Crippen molar-refractivity contribution in [3.8, 4) is 5.88 Å². The first-order valence-electron chi connectivity index (χ1n) is 8.97. The van der Waals surface area contributed by atoms with Crippen LogP contribution >= 0.6 is 11.3 Å². The summed E-state index contributed by atoms with van der Waals surface area (Å²) >= 11 is 1.73. The molecule has 1 saturated heterocycles. The fraction of sp³-hybridized carbons (Fsp3) is 0.611. The summed E-state index contributed by atoms with van der Waals surface area (Å²) in [5.41, 5.74) is 1.31. The molecule has 0 bridgehead atoms. The molecule has 134 valence electrons. The molecule has 2 aromatic rings. The molecule has 2 aromatic heterocycles. The normalized spacial score (nSPS) is 22.8. The van der Waals surface area contributed by atoms with E-state index in [-0.39, 0.29) is 18.6 Å². The Morgan fingerprint density at radius 2 is 2.36 bits per heavy atom. The topological polar surface area (TPSA) is 73.3 Å². The van der Waals surface area contributed by atoms with E-state index in [1.807, 2.05) is 0 Å². The van der Waals surface area contributed by atoms with Gasteiger partial charge in [-0.1, -0.05) is 6.92 Å². The lowest BCUT2D eigenvalue weighted by Crippen LogP contribution is -2.35. The van der Waals surface area contributed by atoms with Crippen LogP contribution in [-0.2, 0) is 22.4 Å². The number of ether oxygens (including phenoxy) is 2. The van der Waals surface area contributed by atoms with E-state index in [4.69, 9.17) is 9.47 Å². The van der Waals surface area contributed by atoms with Gasteiger partial charge in [0.05, 0.1) is 11.5 Å². The van der Waals surface area contributed by atoms with Crippen LogP contribution < -0.4 is 10.1 Å². The van der Waals surface area contributed by atoms with Crippen molar-refractivity contribution in [2.45, 2.75) is 45.1 Å². The average molecular weight is 361 g/mol. The Hall–Kier alpha value is -1.73. The summed E-state index contributed by atoms with van der Waals surface area (Å²) in [6.07, 6.45) is 7.04. The quantitative estimate of drug-likeness (QED) is 0.886. The second-order valence-corrected chi connectivity index (χ2v) is 8.02. The number of carbonyl (C=O) groups excluding carboxylic acids is 1. The van der Waals surface area contributed by atoms with Crippen LogP contribution in [0.4, 0.5) is 0 Å². The Balaban J connectivity index is 1.43. The second kappa shape index (κ2) is 7.25. The summed E-state index contributed by atoms with van der Waals surface area (Å²) in [6, 6.07) is 0. The van der Waals surface area contributed by atoms with Crippen LogP contribution in [0.25, 0.3) is 10.2 Å². The first-order chi connectivity index (χ1) is 12.2.